The number of ether oxygens (including phenoxy) is 2. The fourth-order valence-electron chi connectivity index (χ4n) is 2.08. The average molecular weight is 275 g/mol. The number of nitrogens with two attached hydrogens (primary N) is 1. The molecule has 2 rings (SSSR count). The van der Waals surface area contributed by atoms with E-state index in [1.165, 1.54) is 12.1 Å². The highest BCUT2D eigenvalue weighted by atomic mass is 19.1. The first-order chi connectivity index (χ1) is 9.62. The van der Waals surface area contributed by atoms with Crippen molar-refractivity contribution in [2.75, 3.05) is 14.2 Å². The molecule has 20 heavy (non-hydrogen) atoms. The molecule has 0 aliphatic heterocycles. The summed E-state index contributed by atoms with van der Waals surface area (Å²) in [5, 5.41) is 0. The van der Waals surface area contributed by atoms with Crippen LogP contribution in [0.4, 0.5) is 4.39 Å². The molecule has 0 bridgehead atoms. The van der Waals surface area contributed by atoms with Gasteiger partial charge in [0, 0.05) is 12.1 Å². The van der Waals surface area contributed by atoms with Crippen LogP contribution >= 0.6 is 0 Å². The molecular weight excluding hydrogens is 257 g/mol. The minimum Gasteiger partial charge on any atom is -0.497 e. The molecule has 0 radical (unpaired) electrons. The third-order valence-electron chi connectivity index (χ3n) is 3.15. The Morgan fingerprint density at radius 3 is 2.25 bits per heavy atom. The third kappa shape index (κ3) is 3.48. The largest absolute Gasteiger partial charge is 0.497 e. The van der Waals surface area contributed by atoms with Crippen molar-refractivity contribution in [1.82, 2.24) is 0 Å². The molecule has 0 aliphatic rings. The molecule has 3 nitrogen and oxygen atoms in total. The van der Waals surface area contributed by atoms with Gasteiger partial charge in [0.2, 0.25) is 0 Å². The van der Waals surface area contributed by atoms with Crippen LogP contribution in [0.2, 0.25) is 0 Å². The van der Waals surface area contributed by atoms with Crippen LogP contribution in [0.25, 0.3) is 0 Å². The van der Waals surface area contributed by atoms with E-state index in [2.05, 4.69) is 0 Å². The molecule has 2 aromatic rings. The molecule has 1 unspecified atom stereocenters. The van der Waals surface area contributed by atoms with Crippen molar-refractivity contribution in [3.63, 3.8) is 0 Å². The third-order valence-corrected chi connectivity index (χ3v) is 3.15. The highest BCUT2D eigenvalue weighted by Gasteiger charge is 2.11. The summed E-state index contributed by atoms with van der Waals surface area (Å²) in [7, 11) is 3.19. The van der Waals surface area contributed by atoms with Crippen LogP contribution in [0.5, 0.6) is 11.5 Å². The van der Waals surface area contributed by atoms with Gasteiger partial charge in [-0.05, 0) is 41.8 Å². The van der Waals surface area contributed by atoms with Crippen molar-refractivity contribution >= 4 is 0 Å². The van der Waals surface area contributed by atoms with Crippen molar-refractivity contribution in [1.29, 1.82) is 0 Å². The molecule has 2 aromatic carbocycles. The van der Waals surface area contributed by atoms with Crippen LogP contribution in [-0.2, 0) is 6.42 Å². The first kappa shape index (κ1) is 14.3. The molecule has 0 amide bonds. The highest BCUT2D eigenvalue weighted by Crippen LogP contribution is 2.27. The van der Waals surface area contributed by atoms with Gasteiger partial charge in [-0.1, -0.05) is 12.1 Å². The lowest BCUT2D eigenvalue weighted by molar-refractivity contribution is 0.392. The second kappa shape index (κ2) is 6.39. The van der Waals surface area contributed by atoms with Crippen LogP contribution < -0.4 is 15.2 Å². The van der Waals surface area contributed by atoms with E-state index in [0.29, 0.717) is 17.9 Å². The van der Waals surface area contributed by atoms with Gasteiger partial charge < -0.3 is 15.2 Å². The van der Waals surface area contributed by atoms with E-state index in [4.69, 9.17) is 15.2 Å². The van der Waals surface area contributed by atoms with Crippen LogP contribution in [-0.4, -0.2) is 14.2 Å². The van der Waals surface area contributed by atoms with Crippen molar-refractivity contribution in [2.45, 2.75) is 12.5 Å². The summed E-state index contributed by atoms with van der Waals surface area (Å²) in [6, 6.07) is 11.7. The zero-order valence-electron chi connectivity index (χ0n) is 11.6. The Hall–Kier alpha value is -2.07. The first-order valence-electron chi connectivity index (χ1n) is 6.35. The molecule has 0 spiro atoms. The molecule has 2 N–H and O–H groups in total. The van der Waals surface area contributed by atoms with Crippen LogP contribution in [0.15, 0.2) is 42.5 Å². The predicted octanol–water partition coefficient (Wildman–Crippen LogP) is 3.09. The molecule has 0 saturated heterocycles. The summed E-state index contributed by atoms with van der Waals surface area (Å²) in [6.07, 6.45) is 0.550. The zero-order valence-corrected chi connectivity index (χ0v) is 11.6. The lowest BCUT2D eigenvalue weighted by Crippen LogP contribution is -2.13. The van der Waals surface area contributed by atoms with Gasteiger partial charge in [-0.15, -0.1) is 0 Å². The van der Waals surface area contributed by atoms with Crippen molar-refractivity contribution in [3.8, 4) is 11.5 Å². The fraction of sp³-hybridized carbons (Fsp3) is 0.250. The van der Waals surface area contributed by atoms with Crippen LogP contribution in [0.3, 0.4) is 0 Å². The molecule has 1 atom stereocenters. The van der Waals surface area contributed by atoms with Crippen LogP contribution in [0.1, 0.15) is 17.2 Å². The highest BCUT2D eigenvalue weighted by molar-refractivity contribution is 5.40. The van der Waals surface area contributed by atoms with E-state index < -0.39 is 0 Å². The molecule has 0 saturated carbocycles. The maximum Gasteiger partial charge on any atom is 0.123 e. The zero-order chi connectivity index (χ0) is 14.5. The summed E-state index contributed by atoms with van der Waals surface area (Å²) in [5.74, 6) is 1.13. The summed E-state index contributed by atoms with van der Waals surface area (Å²) in [6.45, 7) is 0. The number of hydrogen-bond donors (Lipinski definition) is 1. The molecule has 4 heteroatoms. The van der Waals surface area contributed by atoms with Gasteiger partial charge in [-0.3, -0.25) is 0 Å². The Labute approximate surface area is 118 Å². The van der Waals surface area contributed by atoms with Gasteiger partial charge in [0.25, 0.3) is 0 Å². The van der Waals surface area contributed by atoms with Crippen molar-refractivity contribution < 1.29 is 13.9 Å². The number of halogens is 1. The van der Waals surface area contributed by atoms with Crippen molar-refractivity contribution in [2.24, 2.45) is 5.73 Å². The second-order valence-corrected chi connectivity index (χ2v) is 4.59. The fourth-order valence-corrected chi connectivity index (χ4v) is 2.08. The quantitative estimate of drug-likeness (QED) is 0.912. The van der Waals surface area contributed by atoms with Gasteiger partial charge in [-0.25, -0.2) is 4.39 Å². The Morgan fingerprint density at radius 1 is 1.05 bits per heavy atom. The minimum atomic E-state index is -0.252. The van der Waals surface area contributed by atoms with Gasteiger partial charge in [0.15, 0.2) is 0 Å². The normalized spacial score (nSPS) is 12.0. The topological polar surface area (TPSA) is 44.5 Å². The van der Waals surface area contributed by atoms with Gasteiger partial charge >= 0.3 is 0 Å². The predicted molar refractivity (Wildman–Crippen MR) is 76.6 cm³/mol. The summed E-state index contributed by atoms with van der Waals surface area (Å²) >= 11 is 0. The Morgan fingerprint density at radius 2 is 1.70 bits per heavy atom. The SMILES string of the molecule is COc1cc(OC)cc(C(N)Cc2cccc(F)c2)c1. The van der Waals surface area contributed by atoms with E-state index in [-0.39, 0.29) is 11.9 Å². The Bertz CT molecular complexity index is 564. The van der Waals surface area contributed by atoms with E-state index >= 15 is 0 Å². The first-order valence-corrected chi connectivity index (χ1v) is 6.35. The lowest BCUT2D eigenvalue weighted by Gasteiger charge is -2.15. The number of rotatable bonds is 5. The second-order valence-electron chi connectivity index (χ2n) is 4.59. The Kier molecular flexibility index (Phi) is 4.58. The summed E-state index contributed by atoms with van der Waals surface area (Å²) in [4.78, 5) is 0. The van der Waals surface area contributed by atoms with Gasteiger partial charge in [0.1, 0.15) is 17.3 Å². The maximum absolute atomic E-state index is 13.2. The monoisotopic (exact) mass is 275 g/mol. The lowest BCUT2D eigenvalue weighted by atomic mass is 9.99. The van der Waals surface area contributed by atoms with Crippen molar-refractivity contribution in [3.05, 3.63) is 59.4 Å². The molecular formula is C16H18FNO2. The van der Waals surface area contributed by atoms with E-state index in [0.717, 1.165) is 11.1 Å². The smallest absolute Gasteiger partial charge is 0.123 e. The van der Waals surface area contributed by atoms with Gasteiger partial charge in [0.05, 0.1) is 14.2 Å². The number of benzene rings is 2. The van der Waals surface area contributed by atoms with Gasteiger partial charge in [-0.2, -0.15) is 0 Å². The van der Waals surface area contributed by atoms with Crippen LogP contribution in [0, 0.1) is 5.82 Å². The summed E-state index contributed by atoms with van der Waals surface area (Å²) < 4.78 is 23.6. The Balaban J connectivity index is 2.22. The number of hydrogen-bond acceptors (Lipinski definition) is 3. The molecule has 0 aromatic heterocycles. The molecule has 106 valence electrons. The average Bonchev–Trinajstić information content (AvgIpc) is 2.46. The number of methoxy groups -OCH3 is 2. The minimum absolute atomic E-state index is 0.249. The van der Waals surface area contributed by atoms with E-state index in [1.807, 2.05) is 18.2 Å². The summed E-state index contributed by atoms with van der Waals surface area (Å²) in [5.41, 5.74) is 7.95. The maximum atomic E-state index is 13.2. The molecule has 0 aliphatic carbocycles. The molecule has 0 fully saturated rings. The van der Waals surface area contributed by atoms with E-state index in [9.17, 15) is 4.39 Å². The molecule has 0 heterocycles. The van der Waals surface area contributed by atoms with E-state index in [1.54, 1.807) is 26.4 Å². The standard InChI is InChI=1S/C16H18FNO2/c1-19-14-8-12(9-15(10-14)20-2)16(18)7-11-4-3-5-13(17)6-11/h3-6,8-10,16H,7,18H2,1-2H3.